The van der Waals surface area contributed by atoms with E-state index < -0.39 is 21.5 Å². The number of nitrogens with zero attached hydrogens (tertiary/aromatic N) is 2. The lowest BCUT2D eigenvalue weighted by atomic mass is 10.2. The highest BCUT2D eigenvalue weighted by atomic mass is 32.3. The van der Waals surface area contributed by atoms with Gasteiger partial charge in [-0.1, -0.05) is 11.8 Å². The first-order valence-electron chi connectivity index (χ1n) is 6.36. The molecule has 0 radical (unpaired) electrons. The second kappa shape index (κ2) is 6.48. The number of nitrogens with one attached hydrogen (secondary N) is 1. The highest BCUT2D eigenvalue weighted by Gasteiger charge is 2.26. The van der Waals surface area contributed by atoms with E-state index in [0.717, 1.165) is 5.69 Å². The van der Waals surface area contributed by atoms with E-state index in [1.165, 1.54) is 11.8 Å². The zero-order valence-electron chi connectivity index (χ0n) is 11.9. The Kier molecular flexibility index (Phi) is 4.89. The van der Waals surface area contributed by atoms with Crippen molar-refractivity contribution >= 4 is 43.3 Å². The van der Waals surface area contributed by atoms with Crippen molar-refractivity contribution in [3.8, 4) is 0 Å². The fraction of sp³-hybridized carbons (Fsp3) is 0.385. The van der Waals surface area contributed by atoms with E-state index in [2.05, 4.69) is 10.3 Å². The minimum absolute atomic E-state index is 0.0700. The van der Waals surface area contributed by atoms with Crippen LogP contribution >= 0.6 is 11.8 Å². The van der Waals surface area contributed by atoms with Crippen molar-refractivity contribution in [2.45, 2.75) is 0 Å². The Balaban J connectivity index is 1.98. The number of aliphatic imine (C=N–C) groups is 1. The van der Waals surface area contributed by atoms with Gasteiger partial charge >= 0.3 is 0 Å². The first kappa shape index (κ1) is 15.8. The van der Waals surface area contributed by atoms with Crippen molar-refractivity contribution < 1.29 is 13.2 Å². The van der Waals surface area contributed by atoms with E-state index >= 15 is 0 Å². The van der Waals surface area contributed by atoms with E-state index in [9.17, 15) is 13.2 Å². The Morgan fingerprint density at radius 3 is 2.52 bits per heavy atom. The first-order chi connectivity index (χ1) is 9.88. The van der Waals surface area contributed by atoms with Gasteiger partial charge in [0.1, 0.15) is 5.75 Å². The minimum Gasteiger partial charge on any atom is -0.378 e. The standard InChI is InChI=1S/C13H17N3O3S2/c1-16(2)11-5-3-10(4-6-11)15-12(17)9-21(18,19)13-14-7-8-20-13/h3-6H,7-9H2,1-2H3,(H,15,17). The molecule has 21 heavy (non-hydrogen) atoms. The smallest absolute Gasteiger partial charge is 0.240 e. The van der Waals surface area contributed by atoms with Gasteiger partial charge in [0.05, 0.1) is 6.54 Å². The van der Waals surface area contributed by atoms with Gasteiger partial charge in [-0.25, -0.2) is 8.42 Å². The van der Waals surface area contributed by atoms with Crippen LogP contribution in [0.1, 0.15) is 0 Å². The molecule has 0 aliphatic carbocycles. The summed E-state index contributed by atoms with van der Waals surface area (Å²) in [7, 11) is 0.225. The highest BCUT2D eigenvalue weighted by Crippen LogP contribution is 2.18. The van der Waals surface area contributed by atoms with Crippen LogP contribution in [0.2, 0.25) is 0 Å². The molecule has 1 heterocycles. The molecule has 0 saturated heterocycles. The van der Waals surface area contributed by atoms with Gasteiger partial charge < -0.3 is 10.2 Å². The third-order valence-electron chi connectivity index (χ3n) is 2.81. The summed E-state index contributed by atoms with van der Waals surface area (Å²) >= 11 is 1.18. The first-order valence-corrected chi connectivity index (χ1v) is 8.99. The molecule has 1 aromatic carbocycles. The Labute approximate surface area is 128 Å². The molecule has 0 fully saturated rings. The molecule has 2 rings (SSSR count). The van der Waals surface area contributed by atoms with Gasteiger partial charge in [-0.15, -0.1) is 0 Å². The zero-order valence-corrected chi connectivity index (χ0v) is 13.5. The van der Waals surface area contributed by atoms with Gasteiger partial charge in [-0.2, -0.15) is 0 Å². The molecule has 0 bridgehead atoms. The topological polar surface area (TPSA) is 78.8 Å². The molecule has 114 valence electrons. The average molecular weight is 327 g/mol. The maximum Gasteiger partial charge on any atom is 0.240 e. The van der Waals surface area contributed by atoms with Gasteiger partial charge in [0.25, 0.3) is 0 Å². The largest absolute Gasteiger partial charge is 0.378 e. The number of amides is 1. The molecule has 1 N–H and O–H groups in total. The van der Waals surface area contributed by atoms with E-state index in [4.69, 9.17) is 0 Å². The summed E-state index contributed by atoms with van der Waals surface area (Å²) in [5.74, 6) is -0.473. The van der Waals surface area contributed by atoms with Gasteiger partial charge in [-0.05, 0) is 24.3 Å². The molecule has 0 aromatic heterocycles. The molecule has 8 heteroatoms. The molecule has 1 aromatic rings. The summed E-state index contributed by atoms with van der Waals surface area (Å²) in [6, 6.07) is 7.17. The molecule has 0 unspecified atom stereocenters. The van der Waals surface area contributed by atoms with Gasteiger partial charge in [-0.3, -0.25) is 9.79 Å². The molecule has 1 aliphatic rings. The lowest BCUT2D eigenvalue weighted by Crippen LogP contribution is -2.26. The third-order valence-corrected chi connectivity index (χ3v) is 5.99. The molecule has 0 spiro atoms. The quantitative estimate of drug-likeness (QED) is 0.899. The number of benzene rings is 1. The molecule has 6 nitrogen and oxygen atoms in total. The normalized spacial score (nSPS) is 14.7. The number of carbonyl (C=O) groups is 1. The van der Waals surface area contributed by atoms with E-state index in [1.54, 1.807) is 12.1 Å². The van der Waals surface area contributed by atoms with Crippen molar-refractivity contribution in [1.82, 2.24) is 0 Å². The van der Waals surface area contributed by atoms with Crippen LogP contribution in [0.5, 0.6) is 0 Å². The molecular weight excluding hydrogens is 310 g/mol. The fourth-order valence-corrected chi connectivity index (χ4v) is 4.29. The van der Waals surface area contributed by atoms with Gasteiger partial charge in [0.2, 0.25) is 15.7 Å². The Morgan fingerprint density at radius 1 is 1.33 bits per heavy atom. The summed E-state index contributed by atoms with van der Waals surface area (Å²) in [5.41, 5.74) is 1.57. The maximum absolute atomic E-state index is 12.0. The number of rotatable bonds is 4. The predicted molar refractivity (Wildman–Crippen MR) is 87.9 cm³/mol. The second-order valence-electron chi connectivity index (χ2n) is 4.74. The number of hydrogen-bond donors (Lipinski definition) is 1. The van der Waals surface area contributed by atoms with Crippen LogP contribution in [-0.4, -0.2) is 50.8 Å². The molecule has 0 atom stereocenters. The monoisotopic (exact) mass is 327 g/mol. The summed E-state index contributed by atoms with van der Waals surface area (Å²) in [4.78, 5) is 17.7. The summed E-state index contributed by atoms with van der Waals surface area (Å²) in [6.45, 7) is 0.493. The van der Waals surface area contributed by atoms with E-state index in [0.29, 0.717) is 18.0 Å². The molecular formula is C13H17N3O3S2. The van der Waals surface area contributed by atoms with E-state index in [1.807, 2.05) is 31.1 Å². The lowest BCUT2D eigenvalue weighted by molar-refractivity contribution is -0.113. The van der Waals surface area contributed by atoms with Crippen molar-refractivity contribution in [2.75, 3.05) is 42.4 Å². The maximum atomic E-state index is 12.0. The molecule has 1 aliphatic heterocycles. The number of carbonyl (C=O) groups excluding carboxylic acids is 1. The minimum atomic E-state index is -3.61. The van der Waals surface area contributed by atoms with Crippen LogP contribution in [0.4, 0.5) is 11.4 Å². The number of anilines is 2. The Morgan fingerprint density at radius 2 is 2.00 bits per heavy atom. The Bertz CT molecular complexity index is 652. The van der Waals surface area contributed by atoms with Crippen molar-refractivity contribution in [1.29, 1.82) is 0 Å². The van der Waals surface area contributed by atoms with Crippen LogP contribution in [0.25, 0.3) is 0 Å². The van der Waals surface area contributed by atoms with Gasteiger partial charge in [0.15, 0.2) is 4.38 Å². The van der Waals surface area contributed by atoms with Crippen molar-refractivity contribution in [2.24, 2.45) is 4.99 Å². The van der Waals surface area contributed by atoms with Crippen LogP contribution in [0, 0.1) is 0 Å². The summed E-state index contributed by atoms with van der Waals surface area (Å²) < 4.78 is 24.0. The summed E-state index contributed by atoms with van der Waals surface area (Å²) in [5, 5.41) is 2.59. The lowest BCUT2D eigenvalue weighted by Gasteiger charge is -2.13. The Hall–Kier alpha value is -1.54. The highest BCUT2D eigenvalue weighted by molar-refractivity contribution is 8.35. The molecule has 0 saturated carbocycles. The van der Waals surface area contributed by atoms with Crippen LogP contribution < -0.4 is 10.2 Å². The predicted octanol–water partition coefficient (Wildman–Crippen LogP) is 1.21. The number of hydrogen-bond acceptors (Lipinski definition) is 6. The van der Waals surface area contributed by atoms with Crippen LogP contribution in [-0.2, 0) is 14.6 Å². The number of sulfone groups is 1. The van der Waals surface area contributed by atoms with Crippen LogP contribution in [0.15, 0.2) is 29.3 Å². The van der Waals surface area contributed by atoms with Crippen molar-refractivity contribution in [3.63, 3.8) is 0 Å². The SMILES string of the molecule is CN(C)c1ccc(NC(=O)CS(=O)(=O)C2=NCCS2)cc1. The summed E-state index contributed by atoms with van der Waals surface area (Å²) in [6.07, 6.45) is 0. The van der Waals surface area contributed by atoms with Crippen molar-refractivity contribution in [3.05, 3.63) is 24.3 Å². The number of thioether (sulfide) groups is 1. The fourth-order valence-electron chi connectivity index (χ4n) is 1.78. The van der Waals surface area contributed by atoms with E-state index in [-0.39, 0.29) is 4.38 Å². The third kappa shape index (κ3) is 4.21. The van der Waals surface area contributed by atoms with Crippen LogP contribution in [0.3, 0.4) is 0 Å². The average Bonchev–Trinajstić information content (AvgIpc) is 2.93. The zero-order chi connectivity index (χ0) is 15.5. The van der Waals surface area contributed by atoms with Gasteiger partial charge in [0, 0.05) is 31.2 Å². The second-order valence-corrected chi connectivity index (χ2v) is 7.99. The molecule has 1 amide bonds.